The number of nitro benzene ring substituents is 1. The fraction of sp³-hybridized carbons (Fsp3) is 0.417. The number of nitrogens with zero attached hydrogens (tertiary/aromatic N) is 1. The van der Waals surface area contributed by atoms with Crippen molar-refractivity contribution in [3.05, 3.63) is 46.4 Å². The van der Waals surface area contributed by atoms with Crippen molar-refractivity contribution in [2.75, 3.05) is 0 Å². The summed E-state index contributed by atoms with van der Waals surface area (Å²) in [6, 6.07) is 5.26. The van der Waals surface area contributed by atoms with E-state index in [1.807, 2.05) is 13.0 Å². The lowest BCUT2D eigenvalue weighted by atomic mass is 9.98. The Kier molecular flexibility index (Phi) is 3.83. The molecule has 0 spiro atoms. The molecule has 15 heavy (non-hydrogen) atoms. The van der Waals surface area contributed by atoms with Crippen LogP contribution < -0.4 is 0 Å². The number of rotatable bonds is 4. The van der Waals surface area contributed by atoms with Gasteiger partial charge in [-0.15, -0.1) is 0 Å². The highest BCUT2D eigenvalue weighted by Crippen LogP contribution is 2.23. The Balaban J connectivity index is 3.14. The first kappa shape index (κ1) is 11.7. The van der Waals surface area contributed by atoms with E-state index in [0.29, 0.717) is 0 Å². The van der Waals surface area contributed by atoms with Gasteiger partial charge >= 0.3 is 0 Å². The maximum atomic E-state index is 10.7. The van der Waals surface area contributed by atoms with Crippen molar-refractivity contribution < 1.29 is 4.92 Å². The van der Waals surface area contributed by atoms with Gasteiger partial charge in [-0.3, -0.25) is 10.1 Å². The Morgan fingerprint density at radius 3 is 2.60 bits per heavy atom. The van der Waals surface area contributed by atoms with E-state index < -0.39 is 0 Å². The van der Waals surface area contributed by atoms with Crippen molar-refractivity contribution in [3.8, 4) is 0 Å². The quantitative estimate of drug-likeness (QED) is 0.559. The average molecular weight is 206 g/mol. The van der Waals surface area contributed by atoms with E-state index in [2.05, 4.69) is 13.8 Å². The molecule has 0 aliphatic heterocycles. The van der Waals surface area contributed by atoms with Crippen molar-refractivity contribution in [2.24, 2.45) is 0 Å². The van der Waals surface area contributed by atoms with E-state index in [4.69, 9.17) is 0 Å². The zero-order chi connectivity index (χ0) is 11.4. The first-order valence-electron chi connectivity index (χ1n) is 5.16. The van der Waals surface area contributed by atoms with Crippen molar-refractivity contribution in [1.29, 1.82) is 0 Å². The summed E-state index contributed by atoms with van der Waals surface area (Å²) in [6.45, 7) is 7.89. The molecule has 0 amide bonds. The van der Waals surface area contributed by atoms with Gasteiger partial charge in [0.05, 0.1) is 4.92 Å². The van der Waals surface area contributed by atoms with E-state index in [-0.39, 0.29) is 16.5 Å². The first-order chi connectivity index (χ1) is 7.04. The van der Waals surface area contributed by atoms with Crippen molar-refractivity contribution in [2.45, 2.75) is 32.6 Å². The second-order valence-electron chi connectivity index (χ2n) is 3.84. The molecule has 1 rings (SSSR count). The standard InChI is InChI=1S/C12H16NO2/c1-4-5-10-6-11(9(2)3)8-12(7-10)13(14)15/h6-9H,2,4-5H2,1,3H3. The van der Waals surface area contributed by atoms with E-state index in [1.165, 1.54) is 0 Å². The summed E-state index contributed by atoms with van der Waals surface area (Å²) in [7, 11) is 0. The van der Waals surface area contributed by atoms with Gasteiger partial charge in [-0.2, -0.15) is 0 Å². The molecule has 3 nitrogen and oxygen atoms in total. The third-order valence-electron chi connectivity index (χ3n) is 2.32. The van der Waals surface area contributed by atoms with Crippen LogP contribution in [-0.2, 0) is 6.42 Å². The molecule has 81 valence electrons. The molecule has 0 aromatic heterocycles. The third kappa shape index (κ3) is 3.05. The molecular weight excluding hydrogens is 190 g/mol. The molecule has 0 fully saturated rings. The highest BCUT2D eigenvalue weighted by molar-refractivity contribution is 5.41. The SMILES string of the molecule is [CH2]C(C)c1cc(CCC)cc([N+](=O)[O-])c1. The lowest BCUT2D eigenvalue weighted by Gasteiger charge is -2.07. The van der Waals surface area contributed by atoms with Crippen LogP contribution in [0, 0.1) is 17.0 Å². The number of nitro groups is 1. The Labute approximate surface area is 90.3 Å². The maximum Gasteiger partial charge on any atom is 0.269 e. The minimum atomic E-state index is -0.342. The molecule has 3 heteroatoms. The van der Waals surface area contributed by atoms with Crippen molar-refractivity contribution in [1.82, 2.24) is 0 Å². The number of aryl methyl sites for hydroxylation is 1. The summed E-state index contributed by atoms with van der Waals surface area (Å²) in [5, 5.41) is 10.7. The fourth-order valence-electron chi connectivity index (χ4n) is 1.52. The van der Waals surface area contributed by atoms with E-state index in [9.17, 15) is 10.1 Å². The molecule has 1 aromatic carbocycles. The third-order valence-corrected chi connectivity index (χ3v) is 2.32. The van der Waals surface area contributed by atoms with Gasteiger partial charge in [0.1, 0.15) is 0 Å². The van der Waals surface area contributed by atoms with Crippen LogP contribution in [0.2, 0.25) is 0 Å². The monoisotopic (exact) mass is 206 g/mol. The molecule has 0 saturated carbocycles. The van der Waals surface area contributed by atoms with Gasteiger partial charge in [-0.25, -0.2) is 0 Å². The predicted octanol–water partition coefficient (Wildman–Crippen LogP) is 3.48. The van der Waals surface area contributed by atoms with Crippen LogP contribution in [0.3, 0.4) is 0 Å². The highest BCUT2D eigenvalue weighted by Gasteiger charge is 2.11. The Morgan fingerprint density at radius 1 is 1.47 bits per heavy atom. The van der Waals surface area contributed by atoms with Gasteiger partial charge in [0.2, 0.25) is 0 Å². The largest absolute Gasteiger partial charge is 0.269 e. The van der Waals surface area contributed by atoms with Crippen LogP contribution in [0.15, 0.2) is 18.2 Å². The fourth-order valence-corrected chi connectivity index (χ4v) is 1.52. The second-order valence-corrected chi connectivity index (χ2v) is 3.84. The van der Waals surface area contributed by atoms with Crippen LogP contribution in [-0.4, -0.2) is 4.92 Å². The zero-order valence-corrected chi connectivity index (χ0v) is 9.19. The second kappa shape index (κ2) is 4.91. The zero-order valence-electron chi connectivity index (χ0n) is 9.19. The number of benzene rings is 1. The molecule has 0 N–H and O–H groups in total. The number of hydrogen-bond donors (Lipinski definition) is 0. The Morgan fingerprint density at radius 2 is 2.13 bits per heavy atom. The average Bonchev–Trinajstić information content (AvgIpc) is 2.17. The van der Waals surface area contributed by atoms with Crippen LogP contribution in [0.4, 0.5) is 5.69 Å². The molecule has 1 atom stereocenters. The summed E-state index contributed by atoms with van der Waals surface area (Å²) >= 11 is 0. The molecule has 0 bridgehead atoms. The molecule has 0 aliphatic rings. The van der Waals surface area contributed by atoms with Crippen molar-refractivity contribution >= 4 is 5.69 Å². The van der Waals surface area contributed by atoms with Gasteiger partial charge in [-0.1, -0.05) is 26.3 Å². The maximum absolute atomic E-state index is 10.7. The number of hydrogen-bond acceptors (Lipinski definition) is 2. The highest BCUT2D eigenvalue weighted by atomic mass is 16.6. The molecule has 1 unspecified atom stereocenters. The lowest BCUT2D eigenvalue weighted by molar-refractivity contribution is -0.385. The lowest BCUT2D eigenvalue weighted by Crippen LogP contribution is -1.96. The summed E-state index contributed by atoms with van der Waals surface area (Å²) in [6.07, 6.45) is 1.87. The smallest absolute Gasteiger partial charge is 0.258 e. The normalized spacial score (nSPS) is 10.7. The molecule has 0 heterocycles. The first-order valence-corrected chi connectivity index (χ1v) is 5.16. The molecule has 0 saturated heterocycles. The predicted molar refractivity (Wildman–Crippen MR) is 60.9 cm³/mol. The Hall–Kier alpha value is -1.38. The van der Waals surface area contributed by atoms with Gasteiger partial charge < -0.3 is 0 Å². The Bertz CT molecular complexity index is 359. The van der Waals surface area contributed by atoms with Crippen LogP contribution in [0.25, 0.3) is 0 Å². The molecular formula is C12H16NO2. The van der Waals surface area contributed by atoms with Gasteiger partial charge in [0, 0.05) is 12.1 Å². The molecule has 1 radical (unpaired) electrons. The topological polar surface area (TPSA) is 43.1 Å². The van der Waals surface area contributed by atoms with Crippen molar-refractivity contribution in [3.63, 3.8) is 0 Å². The number of non-ortho nitro benzene ring substituents is 1. The minimum absolute atomic E-state index is 0.0838. The molecule has 0 aliphatic carbocycles. The van der Waals surface area contributed by atoms with Crippen LogP contribution >= 0.6 is 0 Å². The summed E-state index contributed by atoms with van der Waals surface area (Å²) in [5.41, 5.74) is 2.14. The van der Waals surface area contributed by atoms with Gasteiger partial charge in [0.15, 0.2) is 0 Å². The van der Waals surface area contributed by atoms with Gasteiger partial charge in [0.25, 0.3) is 5.69 Å². The van der Waals surface area contributed by atoms with Gasteiger partial charge in [-0.05, 0) is 30.4 Å². The van der Waals surface area contributed by atoms with Crippen LogP contribution in [0.1, 0.15) is 37.3 Å². The molecule has 1 aromatic rings. The summed E-state index contributed by atoms with van der Waals surface area (Å²) in [4.78, 5) is 10.4. The van der Waals surface area contributed by atoms with E-state index >= 15 is 0 Å². The van der Waals surface area contributed by atoms with E-state index in [1.54, 1.807) is 12.1 Å². The summed E-state index contributed by atoms with van der Waals surface area (Å²) < 4.78 is 0. The summed E-state index contributed by atoms with van der Waals surface area (Å²) in [5.74, 6) is 0.0838. The van der Waals surface area contributed by atoms with Crippen LogP contribution in [0.5, 0.6) is 0 Å². The minimum Gasteiger partial charge on any atom is -0.258 e. The van der Waals surface area contributed by atoms with E-state index in [0.717, 1.165) is 24.0 Å².